The van der Waals surface area contributed by atoms with Crippen LogP contribution in [0.5, 0.6) is 0 Å². The van der Waals surface area contributed by atoms with Gasteiger partial charge in [0.05, 0.1) is 12.2 Å². The number of methoxy groups -OCH3 is 1. The zero-order chi connectivity index (χ0) is 14.1. The maximum Gasteiger partial charge on any atom is 0.338 e. The third kappa shape index (κ3) is 6.52. The average molecular weight is 288 g/mol. The van der Waals surface area contributed by atoms with Crippen molar-refractivity contribution in [3.8, 4) is 0 Å². The van der Waals surface area contributed by atoms with E-state index in [1.807, 2.05) is 0 Å². The van der Waals surface area contributed by atoms with Crippen LogP contribution in [0.3, 0.4) is 0 Å². The van der Waals surface area contributed by atoms with E-state index in [0.717, 1.165) is 6.42 Å². The lowest BCUT2D eigenvalue weighted by Gasteiger charge is -2.06. The first kappa shape index (κ1) is 15.9. The number of aryl methyl sites for hydroxylation is 1. The van der Waals surface area contributed by atoms with Crippen molar-refractivity contribution in [2.45, 2.75) is 13.3 Å². The summed E-state index contributed by atoms with van der Waals surface area (Å²) in [6.07, 6.45) is 0.823. The Bertz CT molecular complexity index is 391. The van der Waals surface area contributed by atoms with Crippen molar-refractivity contribution in [2.75, 3.05) is 33.5 Å². The molecule has 0 aliphatic heterocycles. The molecule has 0 atom stereocenters. The summed E-state index contributed by atoms with van der Waals surface area (Å²) in [5, 5.41) is 0.280. The van der Waals surface area contributed by atoms with Crippen molar-refractivity contribution in [3.05, 3.63) is 28.5 Å². The van der Waals surface area contributed by atoms with Gasteiger partial charge in [-0.1, -0.05) is 11.6 Å². The summed E-state index contributed by atoms with van der Waals surface area (Å²) in [6, 6.07) is 3.12. The number of aromatic nitrogens is 1. The van der Waals surface area contributed by atoms with E-state index in [4.69, 9.17) is 25.8 Å². The third-order valence-electron chi connectivity index (χ3n) is 2.26. The van der Waals surface area contributed by atoms with E-state index in [1.165, 1.54) is 6.07 Å². The van der Waals surface area contributed by atoms with E-state index in [1.54, 1.807) is 20.1 Å². The van der Waals surface area contributed by atoms with Crippen LogP contribution in [0.15, 0.2) is 12.1 Å². The first-order chi connectivity index (χ1) is 9.13. The maximum absolute atomic E-state index is 11.7. The number of halogens is 1. The third-order valence-corrected chi connectivity index (χ3v) is 2.45. The Labute approximate surface area is 117 Å². The molecule has 0 saturated carbocycles. The molecular formula is C13H18ClNO4. The highest BCUT2D eigenvalue weighted by Gasteiger charge is 2.09. The molecule has 0 aliphatic rings. The summed E-state index contributed by atoms with van der Waals surface area (Å²) in [7, 11) is 1.64. The number of nitrogens with zero attached hydrogens (tertiary/aromatic N) is 1. The largest absolute Gasteiger partial charge is 0.460 e. The SMILES string of the molecule is COCCCOCCOC(=O)c1cc(C)nc(Cl)c1. The number of hydrogen-bond acceptors (Lipinski definition) is 5. The molecule has 1 heterocycles. The van der Waals surface area contributed by atoms with Crippen LogP contribution in [0.4, 0.5) is 0 Å². The lowest BCUT2D eigenvalue weighted by Crippen LogP contribution is -2.12. The number of carbonyl (C=O) groups is 1. The van der Waals surface area contributed by atoms with E-state index >= 15 is 0 Å². The summed E-state index contributed by atoms with van der Waals surface area (Å²) in [5.41, 5.74) is 1.08. The highest BCUT2D eigenvalue weighted by atomic mass is 35.5. The minimum absolute atomic E-state index is 0.213. The van der Waals surface area contributed by atoms with Gasteiger partial charge in [0, 0.05) is 26.0 Å². The van der Waals surface area contributed by atoms with Gasteiger partial charge in [-0.25, -0.2) is 9.78 Å². The van der Waals surface area contributed by atoms with Gasteiger partial charge in [-0.15, -0.1) is 0 Å². The molecule has 19 heavy (non-hydrogen) atoms. The second kappa shape index (κ2) is 8.85. The first-order valence-corrected chi connectivity index (χ1v) is 6.39. The normalized spacial score (nSPS) is 10.5. The second-order valence-electron chi connectivity index (χ2n) is 3.91. The molecule has 1 aromatic heterocycles. The highest BCUT2D eigenvalue weighted by Crippen LogP contribution is 2.11. The Morgan fingerprint density at radius 2 is 2.05 bits per heavy atom. The number of carbonyl (C=O) groups excluding carboxylic acids is 1. The van der Waals surface area contributed by atoms with Crippen LogP contribution >= 0.6 is 11.6 Å². The minimum atomic E-state index is -0.423. The van der Waals surface area contributed by atoms with Gasteiger partial charge in [-0.05, 0) is 25.5 Å². The van der Waals surface area contributed by atoms with Gasteiger partial charge in [0.1, 0.15) is 11.8 Å². The molecule has 0 aromatic carbocycles. The molecule has 0 fully saturated rings. The number of rotatable bonds is 8. The molecular weight excluding hydrogens is 270 g/mol. The number of ether oxygens (including phenoxy) is 3. The van der Waals surface area contributed by atoms with Gasteiger partial charge in [0.25, 0.3) is 0 Å². The maximum atomic E-state index is 11.7. The Morgan fingerprint density at radius 3 is 2.74 bits per heavy atom. The standard InChI is InChI=1S/C13H18ClNO4/c1-10-8-11(9-12(14)15-10)13(16)19-7-6-18-5-3-4-17-2/h8-9H,3-7H2,1-2H3. The molecule has 6 heteroatoms. The molecule has 0 amide bonds. The van der Waals surface area contributed by atoms with Gasteiger partial charge in [-0.2, -0.15) is 0 Å². The average Bonchev–Trinajstić information content (AvgIpc) is 2.36. The van der Waals surface area contributed by atoms with Crippen LogP contribution in [-0.2, 0) is 14.2 Å². The topological polar surface area (TPSA) is 57.7 Å². The Balaban J connectivity index is 2.24. The molecule has 1 rings (SSSR count). The van der Waals surface area contributed by atoms with E-state index in [9.17, 15) is 4.79 Å². The van der Waals surface area contributed by atoms with Gasteiger partial charge >= 0.3 is 5.97 Å². The van der Waals surface area contributed by atoms with Crippen LogP contribution in [0.1, 0.15) is 22.5 Å². The van der Waals surface area contributed by atoms with E-state index in [0.29, 0.717) is 31.1 Å². The molecule has 0 unspecified atom stereocenters. The summed E-state index contributed by atoms with van der Waals surface area (Å²) in [4.78, 5) is 15.7. The Kier molecular flexibility index (Phi) is 7.40. The highest BCUT2D eigenvalue weighted by molar-refractivity contribution is 6.29. The van der Waals surface area contributed by atoms with Gasteiger partial charge in [-0.3, -0.25) is 0 Å². The lowest BCUT2D eigenvalue weighted by atomic mass is 10.2. The van der Waals surface area contributed by atoms with Gasteiger partial charge in [0.2, 0.25) is 0 Å². The van der Waals surface area contributed by atoms with Crippen molar-refractivity contribution in [1.82, 2.24) is 4.98 Å². The number of esters is 1. The van der Waals surface area contributed by atoms with E-state index < -0.39 is 5.97 Å². The molecule has 0 N–H and O–H groups in total. The fraction of sp³-hybridized carbons (Fsp3) is 0.538. The minimum Gasteiger partial charge on any atom is -0.460 e. The van der Waals surface area contributed by atoms with Crippen molar-refractivity contribution in [3.63, 3.8) is 0 Å². The monoisotopic (exact) mass is 287 g/mol. The summed E-state index contributed by atoms with van der Waals surface area (Å²) in [5.74, 6) is -0.423. The quantitative estimate of drug-likeness (QED) is 0.417. The second-order valence-corrected chi connectivity index (χ2v) is 4.30. The number of pyridine rings is 1. The van der Waals surface area contributed by atoms with Crippen LogP contribution in [-0.4, -0.2) is 44.5 Å². The predicted molar refractivity (Wildman–Crippen MR) is 71.6 cm³/mol. The van der Waals surface area contributed by atoms with Crippen LogP contribution in [0.25, 0.3) is 0 Å². The van der Waals surface area contributed by atoms with Crippen LogP contribution in [0, 0.1) is 6.92 Å². The van der Waals surface area contributed by atoms with Crippen molar-refractivity contribution >= 4 is 17.6 Å². The predicted octanol–water partition coefficient (Wildman–Crippen LogP) is 2.25. The molecule has 0 aliphatic carbocycles. The fourth-order valence-electron chi connectivity index (χ4n) is 1.43. The molecule has 106 valence electrons. The molecule has 0 saturated heterocycles. The van der Waals surface area contributed by atoms with Crippen molar-refractivity contribution in [1.29, 1.82) is 0 Å². The molecule has 0 radical (unpaired) electrons. The summed E-state index contributed by atoms with van der Waals surface area (Å²) >= 11 is 5.77. The van der Waals surface area contributed by atoms with Crippen molar-refractivity contribution in [2.24, 2.45) is 0 Å². The summed E-state index contributed by atoms with van der Waals surface area (Å²) < 4.78 is 15.2. The lowest BCUT2D eigenvalue weighted by molar-refractivity contribution is 0.0288. The van der Waals surface area contributed by atoms with E-state index in [2.05, 4.69) is 4.98 Å². The summed E-state index contributed by atoms with van der Waals surface area (Å²) in [6.45, 7) is 3.60. The zero-order valence-corrected chi connectivity index (χ0v) is 11.9. The van der Waals surface area contributed by atoms with Gasteiger partial charge < -0.3 is 14.2 Å². The van der Waals surface area contributed by atoms with Crippen LogP contribution in [0.2, 0.25) is 5.15 Å². The smallest absolute Gasteiger partial charge is 0.338 e. The fourth-order valence-corrected chi connectivity index (χ4v) is 1.68. The zero-order valence-electron chi connectivity index (χ0n) is 11.1. The molecule has 0 bridgehead atoms. The molecule has 5 nitrogen and oxygen atoms in total. The molecule has 1 aromatic rings. The first-order valence-electron chi connectivity index (χ1n) is 6.01. The van der Waals surface area contributed by atoms with E-state index in [-0.39, 0.29) is 11.8 Å². The van der Waals surface area contributed by atoms with Crippen molar-refractivity contribution < 1.29 is 19.0 Å². The Hall–Kier alpha value is -1.17. The van der Waals surface area contributed by atoms with Gasteiger partial charge in [0.15, 0.2) is 0 Å². The number of hydrogen-bond donors (Lipinski definition) is 0. The molecule has 0 spiro atoms. The Morgan fingerprint density at radius 1 is 1.26 bits per heavy atom. The van der Waals surface area contributed by atoms with Crippen LogP contribution < -0.4 is 0 Å².